The van der Waals surface area contributed by atoms with Gasteiger partial charge in [0.05, 0.1) is 11.3 Å². The molecule has 2 heterocycles. The van der Waals surface area contributed by atoms with Crippen LogP contribution in [-0.2, 0) is 19.6 Å². The van der Waals surface area contributed by atoms with Crippen LogP contribution in [0.25, 0.3) is 0 Å². The number of likely N-dealkylation sites (tertiary alicyclic amines) is 1. The lowest BCUT2D eigenvalue weighted by Crippen LogP contribution is -2.63. The van der Waals surface area contributed by atoms with Gasteiger partial charge in [0.25, 0.3) is 0 Å². The molecule has 6 nitrogen and oxygen atoms in total. The van der Waals surface area contributed by atoms with Gasteiger partial charge in [-0.3, -0.25) is 14.5 Å². The second kappa shape index (κ2) is 4.06. The average molecular weight is 260 g/mol. The molecule has 2 saturated heterocycles. The predicted octanol–water partition coefficient (Wildman–Crippen LogP) is -0.442. The van der Waals surface area contributed by atoms with Crippen molar-refractivity contribution < 1.29 is 18.0 Å². The summed E-state index contributed by atoms with van der Waals surface area (Å²) in [4.78, 5) is 24.1. The Kier molecular flexibility index (Phi) is 2.99. The fourth-order valence-corrected chi connectivity index (χ4v) is 3.44. The van der Waals surface area contributed by atoms with E-state index >= 15 is 0 Å². The third-order valence-corrected chi connectivity index (χ3v) is 5.45. The fraction of sp³-hybridized carbons (Fsp3) is 0.800. The first-order valence-electron chi connectivity index (χ1n) is 5.68. The number of hydrogen-bond acceptors (Lipinski definition) is 4. The molecule has 7 heteroatoms. The van der Waals surface area contributed by atoms with Crippen molar-refractivity contribution in [1.29, 1.82) is 0 Å². The van der Waals surface area contributed by atoms with Gasteiger partial charge < -0.3 is 0 Å². The summed E-state index contributed by atoms with van der Waals surface area (Å²) in [6.45, 7) is 3.74. The quantitative estimate of drug-likeness (QED) is 0.645. The summed E-state index contributed by atoms with van der Waals surface area (Å²) in [5, 5.41) is -0.464. The van der Waals surface area contributed by atoms with Crippen LogP contribution in [0.4, 0.5) is 0 Å². The molecule has 0 atom stereocenters. The highest BCUT2D eigenvalue weighted by Crippen LogP contribution is 2.25. The molecule has 2 fully saturated rings. The molecule has 2 aliphatic heterocycles. The lowest BCUT2D eigenvalue weighted by Gasteiger charge is -2.42. The van der Waals surface area contributed by atoms with Crippen molar-refractivity contribution >= 4 is 21.8 Å². The van der Waals surface area contributed by atoms with Crippen LogP contribution >= 0.6 is 0 Å². The van der Waals surface area contributed by atoms with Crippen LogP contribution in [-0.4, -0.2) is 53.8 Å². The van der Waals surface area contributed by atoms with E-state index < -0.39 is 15.3 Å². The summed E-state index contributed by atoms with van der Waals surface area (Å²) in [6.07, 6.45) is 0.512. The smallest absolute Gasteiger partial charge is 0.230 e. The maximum atomic E-state index is 11.8. The fourth-order valence-electron chi connectivity index (χ4n) is 2.09. The highest BCUT2D eigenvalue weighted by molar-refractivity contribution is 7.89. The molecule has 0 aromatic heterocycles. The third kappa shape index (κ3) is 1.97. The van der Waals surface area contributed by atoms with Crippen molar-refractivity contribution in [2.75, 3.05) is 13.1 Å². The van der Waals surface area contributed by atoms with Gasteiger partial charge in [0, 0.05) is 25.9 Å². The van der Waals surface area contributed by atoms with E-state index in [9.17, 15) is 18.0 Å². The van der Waals surface area contributed by atoms with Crippen molar-refractivity contribution in [2.24, 2.45) is 0 Å². The Hall–Kier alpha value is -0.950. The van der Waals surface area contributed by atoms with E-state index in [1.165, 1.54) is 9.21 Å². The van der Waals surface area contributed by atoms with Gasteiger partial charge in [-0.2, -0.15) is 4.31 Å². The van der Waals surface area contributed by atoms with Crippen LogP contribution in [0.15, 0.2) is 0 Å². The highest BCUT2D eigenvalue weighted by Gasteiger charge is 2.45. The second-order valence-corrected chi connectivity index (χ2v) is 7.21. The van der Waals surface area contributed by atoms with E-state index in [1.807, 2.05) is 0 Å². The minimum Gasteiger partial charge on any atom is -0.277 e. The average Bonchev–Trinajstić information content (AvgIpc) is 2.46. The zero-order valence-electron chi connectivity index (χ0n) is 9.92. The molecule has 0 radical (unpaired) electrons. The summed E-state index contributed by atoms with van der Waals surface area (Å²) >= 11 is 0. The lowest BCUT2D eigenvalue weighted by molar-refractivity contribution is -0.143. The minimum atomic E-state index is -3.25. The molecule has 0 aliphatic carbocycles. The van der Waals surface area contributed by atoms with Crippen LogP contribution in [0.3, 0.4) is 0 Å². The molecular formula is C10H16N2O4S. The van der Waals surface area contributed by atoms with E-state index in [-0.39, 0.29) is 43.8 Å². The van der Waals surface area contributed by atoms with Crippen molar-refractivity contribution in [3.8, 4) is 0 Å². The van der Waals surface area contributed by atoms with Crippen LogP contribution in [0.2, 0.25) is 0 Å². The first kappa shape index (κ1) is 12.5. The zero-order chi connectivity index (χ0) is 12.8. The van der Waals surface area contributed by atoms with Crippen LogP contribution in [0.1, 0.15) is 26.7 Å². The number of nitrogens with zero attached hydrogens (tertiary/aromatic N) is 2. The molecule has 0 aromatic rings. The van der Waals surface area contributed by atoms with Gasteiger partial charge in [0.2, 0.25) is 21.8 Å². The molecule has 0 unspecified atom stereocenters. The van der Waals surface area contributed by atoms with Crippen molar-refractivity contribution in [2.45, 2.75) is 38.0 Å². The van der Waals surface area contributed by atoms with Crippen LogP contribution in [0, 0.1) is 0 Å². The Morgan fingerprint density at radius 3 is 2.00 bits per heavy atom. The first-order chi connectivity index (χ1) is 7.84. The largest absolute Gasteiger partial charge is 0.277 e. The van der Waals surface area contributed by atoms with Crippen LogP contribution in [0.5, 0.6) is 0 Å². The van der Waals surface area contributed by atoms with Gasteiger partial charge >= 0.3 is 0 Å². The maximum absolute atomic E-state index is 11.8. The minimum absolute atomic E-state index is 0.179. The first-order valence-corrected chi connectivity index (χ1v) is 7.18. The molecule has 0 N–H and O–H groups in total. The summed E-state index contributed by atoms with van der Waals surface area (Å²) in [5.41, 5.74) is 0. The number of rotatable bonds is 3. The van der Waals surface area contributed by atoms with E-state index in [2.05, 4.69) is 0 Å². The summed E-state index contributed by atoms with van der Waals surface area (Å²) in [7, 11) is -3.25. The van der Waals surface area contributed by atoms with Gasteiger partial charge in [-0.1, -0.05) is 0 Å². The lowest BCUT2D eigenvalue weighted by atomic mass is 10.1. The normalized spacial score (nSPS) is 23.6. The summed E-state index contributed by atoms with van der Waals surface area (Å²) in [5.74, 6) is -0.358. The molecule has 0 aromatic carbocycles. The van der Waals surface area contributed by atoms with Gasteiger partial charge in [-0.25, -0.2) is 8.42 Å². The third-order valence-electron chi connectivity index (χ3n) is 3.24. The molecule has 96 valence electrons. The predicted molar refractivity (Wildman–Crippen MR) is 60.5 cm³/mol. The number of hydrogen-bond donors (Lipinski definition) is 0. The molecule has 2 aliphatic rings. The Morgan fingerprint density at radius 1 is 1.12 bits per heavy atom. The number of carbonyl (C=O) groups excluding carboxylic acids is 2. The molecular weight excluding hydrogens is 244 g/mol. The molecule has 0 saturated carbocycles. The molecule has 0 spiro atoms. The van der Waals surface area contributed by atoms with Crippen molar-refractivity contribution in [1.82, 2.24) is 9.21 Å². The Balaban J connectivity index is 2.00. The maximum Gasteiger partial charge on any atom is 0.230 e. The zero-order valence-corrected chi connectivity index (χ0v) is 10.7. The number of carbonyl (C=O) groups is 2. The topological polar surface area (TPSA) is 74.8 Å². The van der Waals surface area contributed by atoms with E-state index in [4.69, 9.17) is 0 Å². The van der Waals surface area contributed by atoms with E-state index in [0.29, 0.717) is 0 Å². The monoisotopic (exact) mass is 260 g/mol. The van der Waals surface area contributed by atoms with E-state index in [1.54, 1.807) is 13.8 Å². The molecule has 2 rings (SSSR count). The van der Waals surface area contributed by atoms with Crippen molar-refractivity contribution in [3.05, 3.63) is 0 Å². The number of imide groups is 1. The second-order valence-electron chi connectivity index (χ2n) is 4.72. The highest BCUT2D eigenvalue weighted by atomic mass is 32.2. The van der Waals surface area contributed by atoms with Crippen molar-refractivity contribution in [3.63, 3.8) is 0 Å². The number of sulfonamides is 1. The molecule has 2 amide bonds. The summed E-state index contributed by atoms with van der Waals surface area (Å²) in [6, 6.07) is -0.258. The Bertz CT molecular complexity index is 435. The van der Waals surface area contributed by atoms with Gasteiger partial charge in [-0.05, 0) is 13.8 Å². The van der Waals surface area contributed by atoms with Crippen LogP contribution < -0.4 is 0 Å². The van der Waals surface area contributed by atoms with Gasteiger partial charge in [0.1, 0.15) is 0 Å². The Labute approximate surface area is 101 Å². The van der Waals surface area contributed by atoms with Gasteiger partial charge in [-0.15, -0.1) is 0 Å². The standard InChI is InChI=1S/C10H16N2O4S/c1-7(2)17(15,16)11-5-8(6-11)12-9(13)3-4-10(12)14/h7-8H,3-6H2,1-2H3. The molecule has 17 heavy (non-hydrogen) atoms. The SMILES string of the molecule is CC(C)S(=O)(=O)N1CC(N2C(=O)CCC2=O)C1. The number of amides is 2. The Morgan fingerprint density at radius 2 is 1.59 bits per heavy atom. The van der Waals surface area contributed by atoms with E-state index in [0.717, 1.165) is 0 Å². The van der Waals surface area contributed by atoms with Gasteiger partial charge in [0.15, 0.2) is 0 Å². The molecule has 0 bridgehead atoms. The summed E-state index contributed by atoms with van der Waals surface area (Å²) < 4.78 is 24.9.